The summed E-state index contributed by atoms with van der Waals surface area (Å²) in [6.07, 6.45) is 3.16. The minimum absolute atomic E-state index is 0.672. The van der Waals surface area contributed by atoms with Crippen LogP contribution in [-0.2, 0) is 0 Å². The van der Waals surface area contributed by atoms with Crippen molar-refractivity contribution in [1.82, 2.24) is 4.98 Å². The Morgan fingerprint density at radius 1 is 1.00 bits per heavy atom. The predicted molar refractivity (Wildman–Crippen MR) is 85.7 cm³/mol. The maximum Gasteiger partial charge on any atom is 0.151 e. The third-order valence-electron chi connectivity index (χ3n) is 3.82. The van der Waals surface area contributed by atoms with E-state index in [1.165, 1.54) is 0 Å². The molecule has 1 aliphatic heterocycles. The van der Waals surface area contributed by atoms with Crippen molar-refractivity contribution in [1.29, 1.82) is 0 Å². The van der Waals surface area contributed by atoms with E-state index in [1.54, 1.807) is 6.20 Å². The van der Waals surface area contributed by atoms with E-state index >= 15 is 0 Å². The Morgan fingerprint density at radius 2 is 1.90 bits per heavy atom. The topological polar surface area (TPSA) is 45.1 Å². The van der Waals surface area contributed by atoms with Crippen LogP contribution >= 0.6 is 0 Å². The molecule has 3 heteroatoms. The molecule has 0 saturated heterocycles. The van der Waals surface area contributed by atoms with E-state index in [4.69, 9.17) is 0 Å². The van der Waals surface area contributed by atoms with Gasteiger partial charge in [-0.2, -0.15) is 0 Å². The zero-order valence-electron chi connectivity index (χ0n) is 11.3. The first-order valence-electron chi connectivity index (χ1n) is 6.92. The van der Waals surface area contributed by atoms with Crippen LogP contribution in [0.25, 0.3) is 22.6 Å². The highest BCUT2D eigenvalue weighted by molar-refractivity contribution is 5.99. The van der Waals surface area contributed by atoms with E-state index in [-0.39, 0.29) is 0 Å². The Morgan fingerprint density at radius 3 is 2.86 bits per heavy atom. The Labute approximate surface area is 122 Å². The van der Waals surface area contributed by atoms with Gasteiger partial charge in [-0.1, -0.05) is 36.4 Å². The first-order valence-corrected chi connectivity index (χ1v) is 6.92. The number of pyridine rings is 1. The van der Waals surface area contributed by atoms with Crippen molar-refractivity contribution < 1.29 is 5.11 Å². The van der Waals surface area contributed by atoms with Gasteiger partial charge in [0.25, 0.3) is 0 Å². The molecule has 0 saturated carbocycles. The summed E-state index contributed by atoms with van der Waals surface area (Å²) in [5.74, 6) is 0. The second kappa shape index (κ2) is 4.72. The summed E-state index contributed by atoms with van der Waals surface area (Å²) in [5, 5.41) is 14.4. The van der Waals surface area contributed by atoms with Gasteiger partial charge in [-0.15, -0.1) is 0 Å². The van der Waals surface area contributed by atoms with E-state index < -0.39 is 6.23 Å². The zero-order chi connectivity index (χ0) is 14.2. The molecule has 21 heavy (non-hydrogen) atoms. The van der Waals surface area contributed by atoms with E-state index in [9.17, 15) is 5.11 Å². The maximum atomic E-state index is 10.2. The van der Waals surface area contributed by atoms with Crippen molar-refractivity contribution in [2.24, 2.45) is 0 Å². The third kappa shape index (κ3) is 1.99. The molecular weight excluding hydrogens is 260 g/mol. The minimum atomic E-state index is -0.672. The SMILES string of the molecule is OC1Nc2ccccc2C1=Cc1cccc2ncccc12. The van der Waals surface area contributed by atoms with Crippen LogP contribution in [-0.4, -0.2) is 16.3 Å². The van der Waals surface area contributed by atoms with Gasteiger partial charge < -0.3 is 10.4 Å². The number of hydrogen-bond donors (Lipinski definition) is 2. The number of aromatic nitrogens is 1. The van der Waals surface area contributed by atoms with Crippen LogP contribution in [0.15, 0.2) is 60.8 Å². The summed E-state index contributed by atoms with van der Waals surface area (Å²) < 4.78 is 0. The number of anilines is 1. The largest absolute Gasteiger partial charge is 0.369 e. The van der Waals surface area contributed by atoms with E-state index in [1.807, 2.05) is 54.6 Å². The first-order chi connectivity index (χ1) is 10.3. The molecular formula is C18H14N2O. The average molecular weight is 274 g/mol. The standard InChI is InChI=1S/C18H14N2O/c21-18-15(14-6-1-2-8-17(14)20-18)11-12-5-3-9-16-13(12)7-4-10-19-16/h1-11,18,20-21H. The Bertz CT molecular complexity index is 849. The highest BCUT2D eigenvalue weighted by Gasteiger charge is 2.23. The number of para-hydroxylation sites is 1. The van der Waals surface area contributed by atoms with Crippen molar-refractivity contribution in [3.8, 4) is 0 Å². The number of benzene rings is 2. The number of nitrogens with one attached hydrogen (secondary N) is 1. The van der Waals surface area contributed by atoms with Gasteiger partial charge in [-0.3, -0.25) is 4.98 Å². The normalized spacial score (nSPS) is 18.7. The van der Waals surface area contributed by atoms with Crippen LogP contribution in [0, 0.1) is 0 Å². The molecule has 1 unspecified atom stereocenters. The summed E-state index contributed by atoms with van der Waals surface area (Å²) in [6, 6.07) is 18.0. The fourth-order valence-corrected chi connectivity index (χ4v) is 2.81. The van der Waals surface area contributed by atoms with Crippen molar-refractivity contribution in [2.45, 2.75) is 6.23 Å². The minimum Gasteiger partial charge on any atom is -0.369 e. The smallest absolute Gasteiger partial charge is 0.151 e. The van der Waals surface area contributed by atoms with Gasteiger partial charge in [-0.05, 0) is 29.8 Å². The molecule has 4 rings (SSSR count). The average Bonchev–Trinajstić information content (AvgIpc) is 2.84. The summed E-state index contributed by atoms with van der Waals surface area (Å²) >= 11 is 0. The van der Waals surface area contributed by atoms with E-state index in [0.29, 0.717) is 0 Å². The maximum absolute atomic E-state index is 10.2. The number of fused-ring (bicyclic) bond motifs is 2. The number of rotatable bonds is 1. The van der Waals surface area contributed by atoms with Gasteiger partial charge >= 0.3 is 0 Å². The number of nitrogens with zero attached hydrogens (tertiary/aromatic N) is 1. The van der Waals surface area contributed by atoms with Crippen LogP contribution < -0.4 is 5.32 Å². The molecule has 2 N–H and O–H groups in total. The van der Waals surface area contributed by atoms with E-state index in [0.717, 1.165) is 33.3 Å². The van der Waals surface area contributed by atoms with Gasteiger partial charge in [0, 0.05) is 28.4 Å². The van der Waals surface area contributed by atoms with Crippen LogP contribution in [0.2, 0.25) is 0 Å². The molecule has 0 bridgehead atoms. The summed E-state index contributed by atoms with van der Waals surface area (Å²) in [6.45, 7) is 0. The summed E-state index contributed by atoms with van der Waals surface area (Å²) in [5.41, 5.74) is 4.93. The monoisotopic (exact) mass is 274 g/mol. The Hall–Kier alpha value is -2.65. The van der Waals surface area contributed by atoms with Gasteiger partial charge in [0.05, 0.1) is 5.52 Å². The van der Waals surface area contributed by atoms with Crippen LogP contribution in [0.1, 0.15) is 11.1 Å². The molecule has 102 valence electrons. The van der Waals surface area contributed by atoms with Crippen LogP contribution in [0.4, 0.5) is 5.69 Å². The number of aliphatic hydroxyl groups excluding tert-OH is 1. The third-order valence-corrected chi connectivity index (χ3v) is 3.82. The Kier molecular flexibility index (Phi) is 2.72. The first kappa shape index (κ1) is 12.1. The van der Waals surface area contributed by atoms with Crippen molar-refractivity contribution in [3.63, 3.8) is 0 Å². The molecule has 0 fully saturated rings. The van der Waals surface area contributed by atoms with Crippen molar-refractivity contribution >= 4 is 28.2 Å². The second-order valence-electron chi connectivity index (χ2n) is 5.11. The lowest BCUT2D eigenvalue weighted by Gasteiger charge is -2.07. The molecule has 1 aromatic heterocycles. The fraction of sp³-hybridized carbons (Fsp3) is 0.0556. The summed E-state index contributed by atoms with van der Waals surface area (Å²) in [4.78, 5) is 4.37. The van der Waals surface area contributed by atoms with Crippen molar-refractivity contribution in [3.05, 3.63) is 71.9 Å². The highest BCUT2D eigenvalue weighted by atomic mass is 16.3. The van der Waals surface area contributed by atoms with Gasteiger partial charge in [0.1, 0.15) is 0 Å². The quantitative estimate of drug-likeness (QED) is 0.713. The summed E-state index contributed by atoms with van der Waals surface area (Å²) in [7, 11) is 0. The molecule has 0 spiro atoms. The molecule has 0 aliphatic carbocycles. The zero-order valence-corrected chi connectivity index (χ0v) is 11.3. The molecule has 0 radical (unpaired) electrons. The molecule has 3 aromatic rings. The molecule has 0 amide bonds. The van der Waals surface area contributed by atoms with Gasteiger partial charge in [0.15, 0.2) is 6.23 Å². The van der Waals surface area contributed by atoms with Gasteiger partial charge in [0.2, 0.25) is 0 Å². The van der Waals surface area contributed by atoms with Crippen LogP contribution in [0.5, 0.6) is 0 Å². The van der Waals surface area contributed by atoms with E-state index in [2.05, 4.69) is 16.4 Å². The van der Waals surface area contributed by atoms with Crippen LogP contribution in [0.3, 0.4) is 0 Å². The number of hydrogen-bond acceptors (Lipinski definition) is 3. The van der Waals surface area contributed by atoms with Crippen molar-refractivity contribution in [2.75, 3.05) is 5.32 Å². The molecule has 3 nitrogen and oxygen atoms in total. The highest BCUT2D eigenvalue weighted by Crippen LogP contribution is 2.35. The molecule has 2 heterocycles. The fourth-order valence-electron chi connectivity index (χ4n) is 2.81. The molecule has 1 aliphatic rings. The Balaban J connectivity index is 1.91. The molecule has 2 aromatic carbocycles. The predicted octanol–water partition coefficient (Wildman–Crippen LogP) is 3.52. The number of aliphatic hydroxyl groups is 1. The lowest BCUT2D eigenvalue weighted by molar-refractivity contribution is 0.266. The molecule has 1 atom stereocenters. The lowest BCUT2D eigenvalue weighted by Crippen LogP contribution is -2.12. The van der Waals surface area contributed by atoms with Gasteiger partial charge in [-0.25, -0.2) is 0 Å². The lowest BCUT2D eigenvalue weighted by atomic mass is 10.0. The second-order valence-corrected chi connectivity index (χ2v) is 5.11.